The average molecular weight is 280 g/mol. The van der Waals surface area contributed by atoms with E-state index in [1.807, 2.05) is 32.0 Å². The highest BCUT2D eigenvalue weighted by atomic mass is 16.5. The van der Waals surface area contributed by atoms with Gasteiger partial charge in [-0.3, -0.25) is 0 Å². The van der Waals surface area contributed by atoms with E-state index in [2.05, 4.69) is 10.6 Å². The minimum atomic E-state index is -0.125. The lowest BCUT2D eigenvalue weighted by molar-refractivity contribution is 0.237. The topological polar surface area (TPSA) is 59.6 Å². The molecular formula is C15H24N2O3. The van der Waals surface area contributed by atoms with Crippen LogP contribution in [-0.4, -0.2) is 32.8 Å². The second kappa shape index (κ2) is 8.30. The molecule has 0 heterocycles. The fraction of sp³-hybridized carbons (Fsp3) is 0.533. The molecule has 0 saturated carbocycles. The third kappa shape index (κ3) is 4.99. The SMILES string of the molecule is CC[C@H](C)NC(=O)NCCc1ccc(OC)c(OC)c1. The first-order chi connectivity index (χ1) is 9.60. The van der Waals surface area contributed by atoms with Gasteiger partial charge in [0.2, 0.25) is 0 Å². The number of nitrogens with one attached hydrogen (secondary N) is 2. The van der Waals surface area contributed by atoms with E-state index in [1.54, 1.807) is 14.2 Å². The first-order valence-corrected chi connectivity index (χ1v) is 6.86. The Morgan fingerprint density at radius 3 is 2.55 bits per heavy atom. The average Bonchev–Trinajstić information content (AvgIpc) is 2.46. The maximum atomic E-state index is 11.6. The van der Waals surface area contributed by atoms with Crippen molar-refractivity contribution in [1.82, 2.24) is 10.6 Å². The molecule has 0 aliphatic heterocycles. The summed E-state index contributed by atoms with van der Waals surface area (Å²) in [6.07, 6.45) is 1.66. The smallest absolute Gasteiger partial charge is 0.315 e. The van der Waals surface area contributed by atoms with Crippen LogP contribution in [0.25, 0.3) is 0 Å². The van der Waals surface area contributed by atoms with E-state index in [4.69, 9.17) is 9.47 Å². The van der Waals surface area contributed by atoms with E-state index in [9.17, 15) is 4.79 Å². The van der Waals surface area contributed by atoms with Crippen LogP contribution in [0.3, 0.4) is 0 Å². The van der Waals surface area contributed by atoms with Crippen LogP contribution in [0, 0.1) is 0 Å². The van der Waals surface area contributed by atoms with Crippen molar-refractivity contribution in [3.05, 3.63) is 23.8 Å². The summed E-state index contributed by atoms with van der Waals surface area (Å²) in [7, 11) is 3.22. The minimum absolute atomic E-state index is 0.125. The van der Waals surface area contributed by atoms with Gasteiger partial charge in [-0.25, -0.2) is 4.79 Å². The largest absolute Gasteiger partial charge is 0.493 e. The molecule has 0 spiro atoms. The van der Waals surface area contributed by atoms with Crippen LogP contribution in [0.5, 0.6) is 11.5 Å². The van der Waals surface area contributed by atoms with Gasteiger partial charge in [-0.05, 0) is 37.5 Å². The number of amides is 2. The van der Waals surface area contributed by atoms with E-state index in [0.717, 1.165) is 18.4 Å². The van der Waals surface area contributed by atoms with Crippen LogP contribution in [0.15, 0.2) is 18.2 Å². The lowest BCUT2D eigenvalue weighted by atomic mass is 10.1. The van der Waals surface area contributed by atoms with Gasteiger partial charge in [-0.15, -0.1) is 0 Å². The summed E-state index contributed by atoms with van der Waals surface area (Å²) in [5.41, 5.74) is 1.09. The first kappa shape index (κ1) is 16.1. The Balaban J connectivity index is 2.44. The van der Waals surface area contributed by atoms with Gasteiger partial charge in [0.25, 0.3) is 0 Å². The molecule has 20 heavy (non-hydrogen) atoms. The number of ether oxygens (including phenoxy) is 2. The lowest BCUT2D eigenvalue weighted by Crippen LogP contribution is -2.41. The van der Waals surface area contributed by atoms with E-state index >= 15 is 0 Å². The minimum Gasteiger partial charge on any atom is -0.493 e. The van der Waals surface area contributed by atoms with Gasteiger partial charge in [0.15, 0.2) is 11.5 Å². The highest BCUT2D eigenvalue weighted by molar-refractivity contribution is 5.74. The number of benzene rings is 1. The molecule has 0 unspecified atom stereocenters. The Kier molecular flexibility index (Phi) is 6.70. The fourth-order valence-electron chi connectivity index (χ4n) is 1.73. The maximum Gasteiger partial charge on any atom is 0.315 e. The van der Waals surface area contributed by atoms with E-state index in [-0.39, 0.29) is 12.1 Å². The molecule has 1 atom stereocenters. The summed E-state index contributed by atoms with van der Waals surface area (Å²) in [6.45, 7) is 4.60. The molecule has 1 aromatic carbocycles. The second-order valence-corrected chi connectivity index (χ2v) is 4.65. The lowest BCUT2D eigenvalue weighted by Gasteiger charge is -2.13. The van der Waals surface area contributed by atoms with Crippen molar-refractivity contribution in [1.29, 1.82) is 0 Å². The summed E-state index contributed by atoms with van der Waals surface area (Å²) in [5, 5.41) is 5.70. The summed E-state index contributed by atoms with van der Waals surface area (Å²) in [4.78, 5) is 11.6. The number of hydrogen-bond acceptors (Lipinski definition) is 3. The van der Waals surface area contributed by atoms with Gasteiger partial charge in [-0.2, -0.15) is 0 Å². The molecule has 0 saturated heterocycles. The normalized spacial score (nSPS) is 11.6. The zero-order valence-electron chi connectivity index (χ0n) is 12.7. The molecule has 0 bridgehead atoms. The zero-order valence-corrected chi connectivity index (χ0v) is 12.7. The highest BCUT2D eigenvalue weighted by Gasteiger charge is 2.06. The molecule has 1 aromatic rings. The number of carbonyl (C=O) groups is 1. The Bertz CT molecular complexity index is 435. The number of carbonyl (C=O) groups excluding carboxylic acids is 1. The zero-order chi connectivity index (χ0) is 15.0. The standard InChI is InChI=1S/C15H24N2O3/c1-5-11(2)17-15(18)16-9-8-12-6-7-13(19-3)14(10-12)20-4/h6-7,10-11H,5,8-9H2,1-4H3,(H2,16,17,18)/t11-/m0/s1. The van der Waals surface area contributed by atoms with Crippen molar-refractivity contribution < 1.29 is 14.3 Å². The van der Waals surface area contributed by atoms with E-state index < -0.39 is 0 Å². The molecule has 112 valence electrons. The van der Waals surface area contributed by atoms with Crippen LogP contribution in [0.1, 0.15) is 25.8 Å². The van der Waals surface area contributed by atoms with Gasteiger partial charge >= 0.3 is 6.03 Å². The molecule has 1 rings (SSSR count). The van der Waals surface area contributed by atoms with Gasteiger partial charge in [0.1, 0.15) is 0 Å². The number of urea groups is 1. The molecule has 2 N–H and O–H groups in total. The van der Waals surface area contributed by atoms with Gasteiger partial charge in [-0.1, -0.05) is 13.0 Å². The molecule has 0 aromatic heterocycles. The van der Waals surface area contributed by atoms with Gasteiger partial charge < -0.3 is 20.1 Å². The van der Waals surface area contributed by atoms with Crippen LogP contribution in [0.4, 0.5) is 4.79 Å². The molecule has 5 nitrogen and oxygen atoms in total. The molecule has 2 amide bonds. The molecule has 5 heteroatoms. The van der Waals surface area contributed by atoms with Crippen LogP contribution >= 0.6 is 0 Å². The Morgan fingerprint density at radius 1 is 1.25 bits per heavy atom. The van der Waals surface area contributed by atoms with Gasteiger partial charge in [0.05, 0.1) is 14.2 Å². The molecular weight excluding hydrogens is 256 g/mol. The van der Waals surface area contributed by atoms with Crippen LogP contribution in [-0.2, 0) is 6.42 Å². The predicted octanol–water partition coefficient (Wildman–Crippen LogP) is 2.34. The first-order valence-electron chi connectivity index (χ1n) is 6.86. The van der Waals surface area contributed by atoms with Crippen LogP contribution < -0.4 is 20.1 Å². The summed E-state index contributed by atoms with van der Waals surface area (Å²) < 4.78 is 10.4. The molecule has 0 radical (unpaired) electrons. The third-order valence-electron chi connectivity index (χ3n) is 3.14. The quantitative estimate of drug-likeness (QED) is 0.806. The van der Waals surface area contributed by atoms with Crippen molar-refractivity contribution in [3.63, 3.8) is 0 Å². The highest BCUT2D eigenvalue weighted by Crippen LogP contribution is 2.27. The number of rotatable bonds is 7. The Morgan fingerprint density at radius 2 is 1.95 bits per heavy atom. The predicted molar refractivity (Wildman–Crippen MR) is 79.5 cm³/mol. The monoisotopic (exact) mass is 280 g/mol. The third-order valence-corrected chi connectivity index (χ3v) is 3.14. The van der Waals surface area contributed by atoms with E-state index in [0.29, 0.717) is 18.0 Å². The second-order valence-electron chi connectivity index (χ2n) is 4.65. The fourth-order valence-corrected chi connectivity index (χ4v) is 1.73. The van der Waals surface area contributed by atoms with E-state index in [1.165, 1.54) is 0 Å². The molecule has 0 aliphatic rings. The van der Waals surface area contributed by atoms with Crippen molar-refractivity contribution in [2.24, 2.45) is 0 Å². The maximum absolute atomic E-state index is 11.6. The van der Waals surface area contributed by atoms with Crippen molar-refractivity contribution in [2.45, 2.75) is 32.7 Å². The summed E-state index contributed by atoms with van der Waals surface area (Å²) in [5.74, 6) is 1.41. The molecule has 0 fully saturated rings. The summed E-state index contributed by atoms with van der Waals surface area (Å²) in [6, 6.07) is 5.83. The number of methoxy groups -OCH3 is 2. The number of hydrogen-bond donors (Lipinski definition) is 2. The Hall–Kier alpha value is -1.91. The van der Waals surface area contributed by atoms with Crippen LogP contribution in [0.2, 0.25) is 0 Å². The van der Waals surface area contributed by atoms with Crippen molar-refractivity contribution in [2.75, 3.05) is 20.8 Å². The van der Waals surface area contributed by atoms with Crippen molar-refractivity contribution >= 4 is 6.03 Å². The summed E-state index contributed by atoms with van der Waals surface area (Å²) >= 11 is 0. The van der Waals surface area contributed by atoms with Gasteiger partial charge in [0, 0.05) is 12.6 Å². The van der Waals surface area contributed by atoms with Crippen molar-refractivity contribution in [3.8, 4) is 11.5 Å². The Labute approximate surface area is 120 Å². The molecule has 0 aliphatic carbocycles.